The fourth-order valence-corrected chi connectivity index (χ4v) is 6.75. The molecule has 36 heavy (non-hydrogen) atoms. The number of nitrogens with zero attached hydrogens (tertiary/aromatic N) is 1. The number of rotatable bonds is 7. The lowest BCUT2D eigenvalue weighted by molar-refractivity contribution is -0.945. The van der Waals surface area contributed by atoms with Crippen LogP contribution in [0, 0.1) is 5.41 Å². The summed E-state index contributed by atoms with van der Waals surface area (Å²) in [5, 5.41) is 16.4. The third kappa shape index (κ3) is 4.84. The van der Waals surface area contributed by atoms with Gasteiger partial charge in [-0.15, -0.1) is 0 Å². The van der Waals surface area contributed by atoms with E-state index in [1.54, 1.807) is 18.2 Å². The maximum absolute atomic E-state index is 12.6. The fraction of sp³-hybridized carbons (Fsp3) is 0.345. The lowest BCUT2D eigenvalue weighted by Crippen LogP contribution is -3.00. The zero-order valence-corrected chi connectivity index (χ0v) is 23.2. The zero-order chi connectivity index (χ0) is 24.5. The number of hydrogen-bond donors (Lipinski definition) is 2. The molecule has 0 aromatic heterocycles. The van der Waals surface area contributed by atoms with E-state index >= 15 is 0 Å². The van der Waals surface area contributed by atoms with Crippen LogP contribution in [0.3, 0.4) is 0 Å². The van der Waals surface area contributed by atoms with Gasteiger partial charge < -0.3 is 31.9 Å². The van der Waals surface area contributed by atoms with Gasteiger partial charge in [0.1, 0.15) is 5.60 Å². The number of piperidine rings is 3. The molecule has 0 atom stereocenters. The van der Waals surface area contributed by atoms with Crippen LogP contribution in [0.2, 0.25) is 10.0 Å². The lowest BCUT2D eigenvalue weighted by atomic mass is 9.56. The van der Waals surface area contributed by atoms with Crippen LogP contribution in [-0.4, -0.2) is 48.2 Å². The molecule has 1 amide bonds. The third-order valence-electron chi connectivity index (χ3n) is 8.39. The molecule has 3 aromatic carbocycles. The van der Waals surface area contributed by atoms with E-state index in [1.165, 1.54) is 0 Å². The minimum atomic E-state index is -1.02. The first-order chi connectivity index (χ1) is 16.9. The molecule has 3 fully saturated rings. The van der Waals surface area contributed by atoms with Crippen molar-refractivity contribution >= 4 is 29.1 Å². The van der Waals surface area contributed by atoms with E-state index in [-0.39, 0.29) is 28.3 Å². The summed E-state index contributed by atoms with van der Waals surface area (Å²) in [7, 11) is 0. The molecule has 7 heteroatoms. The molecule has 0 spiro atoms. The van der Waals surface area contributed by atoms with Crippen LogP contribution in [0.15, 0.2) is 78.9 Å². The molecular weight excluding hydrogens is 559 g/mol. The fourth-order valence-electron chi connectivity index (χ4n) is 6.26. The summed E-state index contributed by atoms with van der Waals surface area (Å²) in [6, 6.07) is 25.2. The van der Waals surface area contributed by atoms with Crippen LogP contribution in [0.25, 0.3) is 0 Å². The van der Waals surface area contributed by atoms with Crippen molar-refractivity contribution in [2.24, 2.45) is 5.41 Å². The standard InChI is InChI=1S/C29H30Cl2N2O2.BrH/c30-24-11-12-25(26(31)21-24)27(34)32-16-20-33-17-13-28(14-18-33,15-19-33)29(35,22-7-3-1-4-8-22)23-9-5-2-6-10-23;/h1-12,21,35H,13-20H2;1H. The van der Waals surface area contributed by atoms with Crippen molar-refractivity contribution in [1.29, 1.82) is 0 Å². The molecule has 6 rings (SSSR count). The molecule has 3 aliphatic heterocycles. The molecule has 3 aliphatic rings. The minimum Gasteiger partial charge on any atom is -1.00 e. The van der Waals surface area contributed by atoms with Gasteiger partial charge in [-0.1, -0.05) is 83.9 Å². The Hall–Kier alpha value is -1.89. The number of quaternary nitrogens is 1. The highest BCUT2D eigenvalue weighted by Gasteiger charge is 2.60. The molecular formula is C29H31BrCl2N2O2. The smallest absolute Gasteiger partial charge is 0.253 e. The van der Waals surface area contributed by atoms with Gasteiger partial charge in [0.05, 0.1) is 43.3 Å². The van der Waals surface area contributed by atoms with E-state index < -0.39 is 5.60 Å². The SMILES string of the molecule is O=C(NCC[N+]12CCC(C(O)(c3ccccc3)c3ccccc3)(CC1)CC2)c1ccc(Cl)cc1Cl.[Br-]. The Bertz CT molecular complexity index is 1140. The Labute approximate surface area is 233 Å². The normalized spacial score (nSPS) is 23.1. The molecule has 0 aliphatic carbocycles. The number of halogens is 3. The summed E-state index contributed by atoms with van der Waals surface area (Å²) < 4.78 is 0.982. The van der Waals surface area contributed by atoms with Crippen LogP contribution in [0.5, 0.6) is 0 Å². The molecule has 4 nitrogen and oxygen atoms in total. The van der Waals surface area contributed by atoms with Gasteiger partial charge >= 0.3 is 0 Å². The number of aliphatic hydroxyl groups is 1. The van der Waals surface area contributed by atoms with Gasteiger partial charge in [-0.05, 0) is 29.3 Å². The van der Waals surface area contributed by atoms with Gasteiger partial charge in [0.25, 0.3) is 5.91 Å². The van der Waals surface area contributed by atoms with Gasteiger partial charge in [-0.25, -0.2) is 0 Å². The number of hydrogen-bond acceptors (Lipinski definition) is 2. The summed E-state index contributed by atoms with van der Waals surface area (Å²) in [5.41, 5.74) is 1.17. The number of carbonyl (C=O) groups excluding carboxylic acids is 1. The predicted molar refractivity (Wildman–Crippen MR) is 141 cm³/mol. The Morgan fingerprint density at radius 1 is 0.889 bits per heavy atom. The van der Waals surface area contributed by atoms with Crippen molar-refractivity contribution in [2.45, 2.75) is 24.9 Å². The second-order valence-corrected chi connectivity index (χ2v) is 10.9. The van der Waals surface area contributed by atoms with E-state index in [0.29, 0.717) is 22.2 Å². The van der Waals surface area contributed by atoms with E-state index in [2.05, 4.69) is 29.6 Å². The molecule has 3 aromatic rings. The predicted octanol–water partition coefficient (Wildman–Crippen LogP) is 2.66. The second-order valence-electron chi connectivity index (χ2n) is 10.1. The molecule has 3 heterocycles. The first kappa shape index (κ1) is 27.2. The number of benzene rings is 3. The minimum absolute atomic E-state index is 0. The lowest BCUT2D eigenvalue weighted by Gasteiger charge is -2.60. The van der Waals surface area contributed by atoms with Crippen molar-refractivity contribution in [2.75, 3.05) is 32.7 Å². The first-order valence-corrected chi connectivity index (χ1v) is 13.1. The van der Waals surface area contributed by atoms with E-state index in [0.717, 1.165) is 61.1 Å². The van der Waals surface area contributed by atoms with E-state index in [1.807, 2.05) is 36.4 Å². The van der Waals surface area contributed by atoms with Gasteiger partial charge in [0.15, 0.2) is 0 Å². The van der Waals surface area contributed by atoms with Crippen LogP contribution in [0.4, 0.5) is 0 Å². The van der Waals surface area contributed by atoms with E-state index in [9.17, 15) is 9.90 Å². The average Bonchev–Trinajstić information content (AvgIpc) is 2.90. The van der Waals surface area contributed by atoms with Crippen LogP contribution >= 0.6 is 23.2 Å². The number of fused-ring (bicyclic) bond motifs is 3. The monoisotopic (exact) mass is 588 g/mol. The van der Waals surface area contributed by atoms with Crippen molar-refractivity contribution < 1.29 is 31.4 Å². The quantitative estimate of drug-likeness (QED) is 0.416. The Kier molecular flexibility index (Phi) is 8.18. The molecule has 0 unspecified atom stereocenters. The van der Waals surface area contributed by atoms with Gasteiger partial charge in [-0.3, -0.25) is 4.79 Å². The van der Waals surface area contributed by atoms with Gasteiger partial charge in [0.2, 0.25) is 0 Å². The third-order valence-corrected chi connectivity index (χ3v) is 8.94. The summed E-state index contributed by atoms with van der Waals surface area (Å²) in [5.74, 6) is -0.171. The van der Waals surface area contributed by atoms with Crippen LogP contribution in [0.1, 0.15) is 40.7 Å². The van der Waals surface area contributed by atoms with Crippen molar-refractivity contribution in [1.82, 2.24) is 5.32 Å². The maximum Gasteiger partial charge on any atom is 0.253 e. The number of nitrogens with one attached hydrogen (secondary N) is 1. The number of amides is 1. The molecule has 2 N–H and O–H groups in total. The summed E-state index contributed by atoms with van der Waals surface area (Å²) >= 11 is 12.2. The summed E-state index contributed by atoms with van der Waals surface area (Å²) in [6.45, 7) is 4.47. The molecule has 0 saturated carbocycles. The number of carbonyl (C=O) groups is 1. The molecule has 190 valence electrons. The van der Waals surface area contributed by atoms with Gasteiger partial charge in [0, 0.05) is 29.7 Å². The largest absolute Gasteiger partial charge is 1.00 e. The topological polar surface area (TPSA) is 49.3 Å². The Morgan fingerprint density at radius 3 is 1.92 bits per heavy atom. The average molecular weight is 590 g/mol. The molecule has 0 radical (unpaired) electrons. The molecule has 2 bridgehead atoms. The van der Waals surface area contributed by atoms with Crippen molar-refractivity contribution in [3.63, 3.8) is 0 Å². The van der Waals surface area contributed by atoms with Crippen molar-refractivity contribution in [3.8, 4) is 0 Å². The highest BCUT2D eigenvalue weighted by molar-refractivity contribution is 6.36. The molecule has 3 saturated heterocycles. The highest BCUT2D eigenvalue weighted by Crippen LogP contribution is 2.57. The summed E-state index contributed by atoms with van der Waals surface area (Å²) in [6.07, 6.45) is 2.85. The van der Waals surface area contributed by atoms with Gasteiger partial charge in [-0.2, -0.15) is 0 Å². The second kappa shape index (κ2) is 10.8. The Morgan fingerprint density at radius 2 is 1.42 bits per heavy atom. The van der Waals surface area contributed by atoms with Crippen LogP contribution < -0.4 is 22.3 Å². The highest BCUT2D eigenvalue weighted by atomic mass is 79.9. The Balaban J connectivity index is 0.00000304. The summed E-state index contributed by atoms with van der Waals surface area (Å²) in [4.78, 5) is 12.6. The first-order valence-electron chi connectivity index (χ1n) is 12.3. The van der Waals surface area contributed by atoms with Crippen LogP contribution in [-0.2, 0) is 5.60 Å². The zero-order valence-electron chi connectivity index (χ0n) is 20.1. The van der Waals surface area contributed by atoms with Crippen molar-refractivity contribution in [3.05, 3.63) is 106 Å². The maximum atomic E-state index is 12.6. The van der Waals surface area contributed by atoms with E-state index in [4.69, 9.17) is 23.2 Å².